The first kappa shape index (κ1) is 14.4. The number of nitrogens with zero attached hydrogens (tertiary/aromatic N) is 3. The maximum atomic E-state index is 10.8. The lowest BCUT2D eigenvalue weighted by Crippen LogP contribution is -2.05. The first-order valence-corrected chi connectivity index (χ1v) is 6.73. The number of rotatable bonds is 4. The highest BCUT2D eigenvalue weighted by Crippen LogP contribution is 2.30. The molecule has 0 atom stereocenters. The first-order valence-electron chi connectivity index (χ1n) is 5.93. The van der Waals surface area contributed by atoms with Gasteiger partial charge in [0.25, 0.3) is 5.69 Å². The van der Waals surface area contributed by atoms with E-state index in [0.29, 0.717) is 22.4 Å². The Morgan fingerprint density at radius 1 is 1.40 bits per heavy atom. The Hall–Kier alpha value is -2.02. The minimum atomic E-state index is -0.441. The Morgan fingerprint density at radius 2 is 2.15 bits per heavy atom. The zero-order chi connectivity index (χ0) is 14.7. The second-order valence-electron chi connectivity index (χ2n) is 4.34. The summed E-state index contributed by atoms with van der Waals surface area (Å²) in [5, 5.41) is 14.0. The van der Waals surface area contributed by atoms with Gasteiger partial charge in [0.05, 0.1) is 9.40 Å². The topological polar surface area (TPSA) is 81.0 Å². The van der Waals surface area contributed by atoms with Gasteiger partial charge in [-0.25, -0.2) is 4.98 Å². The van der Waals surface area contributed by atoms with E-state index in [1.165, 1.54) is 6.20 Å². The van der Waals surface area contributed by atoms with Crippen LogP contribution in [0.3, 0.4) is 0 Å². The molecule has 104 valence electrons. The quantitative estimate of drug-likeness (QED) is 0.683. The number of nitro groups is 1. The predicted molar refractivity (Wildman–Crippen MR) is 79.6 cm³/mol. The molecule has 6 nitrogen and oxygen atoms in total. The summed E-state index contributed by atoms with van der Waals surface area (Å²) >= 11 is 3.35. The van der Waals surface area contributed by atoms with Crippen molar-refractivity contribution in [3.63, 3.8) is 0 Å². The Morgan fingerprint density at radius 3 is 2.80 bits per heavy atom. The van der Waals surface area contributed by atoms with Crippen LogP contribution in [0, 0.1) is 24.0 Å². The maximum absolute atomic E-state index is 10.8. The van der Waals surface area contributed by atoms with Crippen molar-refractivity contribution in [2.45, 2.75) is 20.4 Å². The van der Waals surface area contributed by atoms with Crippen molar-refractivity contribution in [3.8, 4) is 0 Å². The average Bonchev–Trinajstić information content (AvgIpc) is 2.41. The summed E-state index contributed by atoms with van der Waals surface area (Å²) in [6, 6.07) is 1.93. The van der Waals surface area contributed by atoms with Crippen LogP contribution in [0.2, 0.25) is 0 Å². The summed E-state index contributed by atoms with van der Waals surface area (Å²) < 4.78 is 0.610. The minimum absolute atomic E-state index is 0.00233. The van der Waals surface area contributed by atoms with Gasteiger partial charge in [0.1, 0.15) is 12.0 Å². The summed E-state index contributed by atoms with van der Waals surface area (Å²) in [5.41, 5.74) is 2.74. The van der Waals surface area contributed by atoms with Crippen molar-refractivity contribution in [1.29, 1.82) is 0 Å². The van der Waals surface area contributed by atoms with E-state index < -0.39 is 4.92 Å². The van der Waals surface area contributed by atoms with E-state index in [1.54, 1.807) is 19.3 Å². The van der Waals surface area contributed by atoms with Crippen LogP contribution in [-0.2, 0) is 6.54 Å². The first-order chi connectivity index (χ1) is 9.50. The van der Waals surface area contributed by atoms with Gasteiger partial charge in [-0.3, -0.25) is 15.1 Å². The molecule has 0 bridgehead atoms. The molecule has 2 heterocycles. The Labute approximate surface area is 124 Å². The van der Waals surface area contributed by atoms with Crippen LogP contribution in [0.4, 0.5) is 11.5 Å². The average molecular weight is 337 g/mol. The maximum Gasteiger partial charge on any atom is 0.291 e. The van der Waals surface area contributed by atoms with Gasteiger partial charge in [-0.1, -0.05) is 0 Å². The largest absolute Gasteiger partial charge is 0.365 e. The van der Waals surface area contributed by atoms with Crippen LogP contribution in [-0.4, -0.2) is 14.9 Å². The van der Waals surface area contributed by atoms with Crippen LogP contribution in [0.1, 0.15) is 16.7 Å². The Kier molecular flexibility index (Phi) is 4.29. The zero-order valence-corrected chi connectivity index (χ0v) is 12.6. The number of nitrogens with one attached hydrogen (secondary N) is 1. The summed E-state index contributed by atoms with van der Waals surface area (Å²) in [6.45, 7) is 4.25. The van der Waals surface area contributed by atoms with E-state index in [2.05, 4.69) is 31.2 Å². The van der Waals surface area contributed by atoms with E-state index in [-0.39, 0.29) is 5.69 Å². The fourth-order valence-corrected chi connectivity index (χ4v) is 2.20. The molecule has 0 aliphatic heterocycles. The monoisotopic (exact) mass is 336 g/mol. The number of pyridine rings is 2. The SMILES string of the molecule is Cc1cnccc1CNc1ncc([N+](=O)[O-])c(C)c1Br. The lowest BCUT2D eigenvalue weighted by Gasteiger charge is -2.10. The third-order valence-electron chi connectivity index (χ3n) is 3.02. The van der Waals surface area contributed by atoms with Crippen molar-refractivity contribution in [2.24, 2.45) is 0 Å². The molecule has 0 amide bonds. The molecule has 0 aliphatic carbocycles. The van der Waals surface area contributed by atoms with Gasteiger partial charge in [0.2, 0.25) is 0 Å². The molecule has 2 rings (SSSR count). The number of anilines is 1. The molecule has 2 aromatic rings. The lowest BCUT2D eigenvalue weighted by molar-refractivity contribution is -0.385. The molecule has 0 saturated carbocycles. The second kappa shape index (κ2) is 5.96. The van der Waals surface area contributed by atoms with E-state index in [0.717, 1.165) is 11.1 Å². The van der Waals surface area contributed by atoms with Crippen LogP contribution in [0.15, 0.2) is 29.1 Å². The summed E-state index contributed by atoms with van der Waals surface area (Å²) in [7, 11) is 0. The van der Waals surface area contributed by atoms with Crippen molar-refractivity contribution in [3.05, 3.63) is 55.9 Å². The molecule has 0 aromatic carbocycles. The van der Waals surface area contributed by atoms with Crippen molar-refractivity contribution >= 4 is 27.4 Å². The van der Waals surface area contributed by atoms with Crippen LogP contribution < -0.4 is 5.32 Å². The third kappa shape index (κ3) is 2.93. The normalized spacial score (nSPS) is 10.3. The predicted octanol–water partition coefficient (Wildman–Crippen LogP) is 3.38. The number of aromatic nitrogens is 2. The van der Waals surface area contributed by atoms with E-state index in [4.69, 9.17) is 0 Å². The fourth-order valence-electron chi connectivity index (χ4n) is 1.76. The standard InChI is InChI=1S/C13H13BrN4O2/c1-8-5-15-4-3-10(8)6-16-13-12(14)9(2)11(7-17-13)18(19)20/h3-5,7H,6H2,1-2H3,(H,16,17). The fraction of sp³-hybridized carbons (Fsp3) is 0.231. The number of hydrogen-bond donors (Lipinski definition) is 1. The minimum Gasteiger partial charge on any atom is -0.365 e. The van der Waals surface area contributed by atoms with Gasteiger partial charge in [0.15, 0.2) is 0 Å². The highest BCUT2D eigenvalue weighted by Gasteiger charge is 2.16. The molecule has 0 unspecified atom stereocenters. The van der Waals surface area contributed by atoms with Gasteiger partial charge in [-0.15, -0.1) is 0 Å². The van der Waals surface area contributed by atoms with Gasteiger partial charge >= 0.3 is 0 Å². The smallest absolute Gasteiger partial charge is 0.291 e. The molecule has 0 spiro atoms. The number of halogens is 1. The van der Waals surface area contributed by atoms with Crippen LogP contribution in [0.5, 0.6) is 0 Å². The molecule has 2 aromatic heterocycles. The molecule has 0 aliphatic rings. The molecule has 0 radical (unpaired) electrons. The van der Waals surface area contributed by atoms with Crippen LogP contribution >= 0.6 is 15.9 Å². The van der Waals surface area contributed by atoms with Crippen molar-refractivity contribution in [1.82, 2.24) is 9.97 Å². The number of hydrogen-bond acceptors (Lipinski definition) is 5. The highest BCUT2D eigenvalue weighted by molar-refractivity contribution is 9.10. The summed E-state index contributed by atoms with van der Waals surface area (Å²) in [5.74, 6) is 0.587. The van der Waals surface area contributed by atoms with Gasteiger partial charge in [0, 0.05) is 24.5 Å². The van der Waals surface area contributed by atoms with E-state index >= 15 is 0 Å². The molecule has 20 heavy (non-hydrogen) atoms. The van der Waals surface area contributed by atoms with Crippen molar-refractivity contribution < 1.29 is 4.92 Å². The van der Waals surface area contributed by atoms with Gasteiger partial charge < -0.3 is 5.32 Å². The summed E-state index contributed by atoms with van der Waals surface area (Å²) in [6.07, 6.45) is 4.79. The molecule has 0 fully saturated rings. The van der Waals surface area contributed by atoms with Crippen molar-refractivity contribution in [2.75, 3.05) is 5.32 Å². The second-order valence-corrected chi connectivity index (χ2v) is 5.14. The molecule has 7 heteroatoms. The van der Waals surface area contributed by atoms with Gasteiger partial charge in [-0.05, 0) is 47.0 Å². The Bertz CT molecular complexity index is 661. The van der Waals surface area contributed by atoms with E-state index in [1.807, 2.05) is 13.0 Å². The lowest BCUT2D eigenvalue weighted by atomic mass is 10.1. The molecular formula is C13H13BrN4O2. The van der Waals surface area contributed by atoms with Gasteiger partial charge in [-0.2, -0.15) is 0 Å². The molecular weight excluding hydrogens is 324 g/mol. The number of aryl methyl sites for hydroxylation is 1. The summed E-state index contributed by atoms with van der Waals surface area (Å²) in [4.78, 5) is 18.5. The Balaban J connectivity index is 2.21. The highest BCUT2D eigenvalue weighted by atomic mass is 79.9. The molecule has 0 saturated heterocycles. The zero-order valence-electron chi connectivity index (χ0n) is 11.1. The van der Waals surface area contributed by atoms with Crippen LogP contribution in [0.25, 0.3) is 0 Å². The van der Waals surface area contributed by atoms with E-state index in [9.17, 15) is 10.1 Å². The third-order valence-corrected chi connectivity index (χ3v) is 3.99. The molecule has 1 N–H and O–H groups in total.